The third kappa shape index (κ3) is 2.23. The lowest BCUT2D eigenvalue weighted by Gasteiger charge is -2.04. The van der Waals surface area contributed by atoms with Crippen LogP contribution in [0, 0.1) is 6.92 Å². The Morgan fingerprint density at radius 1 is 1.71 bits per heavy atom. The van der Waals surface area contributed by atoms with Crippen LogP contribution < -0.4 is 4.57 Å². The van der Waals surface area contributed by atoms with Crippen LogP contribution in [0.15, 0.2) is 12.8 Å². The number of ether oxygens (including phenoxy) is 1. The maximum Gasteiger partial charge on any atom is 0.396 e. The first-order chi connectivity index (χ1) is 6.56. The van der Waals surface area contributed by atoms with Gasteiger partial charge in [0.2, 0.25) is 5.69 Å². The van der Waals surface area contributed by atoms with E-state index in [1.54, 1.807) is 4.57 Å². The standard InChI is InChI=1S/C10H14ClN2O/c1-5-14-8(3)9-7(2)6-13(4)10(11)12-9/h6H,3,5H2,1-2,4H3/q+1. The molecule has 0 saturated heterocycles. The third-order valence-corrected chi connectivity index (χ3v) is 2.19. The molecule has 4 heteroatoms. The monoisotopic (exact) mass is 213 g/mol. The molecule has 1 aromatic rings. The van der Waals surface area contributed by atoms with Crippen molar-refractivity contribution in [2.75, 3.05) is 6.61 Å². The molecule has 0 aliphatic heterocycles. The minimum absolute atomic E-state index is 0.423. The van der Waals surface area contributed by atoms with Crippen molar-refractivity contribution in [3.8, 4) is 0 Å². The van der Waals surface area contributed by atoms with E-state index in [-0.39, 0.29) is 0 Å². The van der Waals surface area contributed by atoms with Gasteiger partial charge in [-0.15, -0.1) is 0 Å². The molecule has 0 unspecified atom stereocenters. The zero-order valence-corrected chi connectivity index (χ0v) is 9.43. The molecule has 0 spiro atoms. The maximum atomic E-state index is 5.89. The molecular weight excluding hydrogens is 200 g/mol. The Bertz CT molecular complexity index is 363. The van der Waals surface area contributed by atoms with Gasteiger partial charge in [0.25, 0.3) is 0 Å². The lowest BCUT2D eigenvalue weighted by Crippen LogP contribution is -2.31. The van der Waals surface area contributed by atoms with Gasteiger partial charge in [0, 0.05) is 17.2 Å². The van der Waals surface area contributed by atoms with Gasteiger partial charge in [-0.25, -0.2) is 4.57 Å². The Balaban J connectivity index is 3.09. The number of hydrogen-bond donors (Lipinski definition) is 0. The average Bonchev–Trinajstić information content (AvgIpc) is 2.11. The van der Waals surface area contributed by atoms with Crippen molar-refractivity contribution in [1.82, 2.24) is 4.98 Å². The van der Waals surface area contributed by atoms with E-state index in [0.29, 0.717) is 17.6 Å². The van der Waals surface area contributed by atoms with Crippen LogP contribution in [0.5, 0.6) is 0 Å². The molecule has 0 aliphatic carbocycles. The van der Waals surface area contributed by atoms with Crippen LogP contribution in [0.25, 0.3) is 5.76 Å². The van der Waals surface area contributed by atoms with Crippen LogP contribution in [0.1, 0.15) is 18.2 Å². The molecule has 1 heterocycles. The molecule has 3 nitrogen and oxygen atoms in total. The van der Waals surface area contributed by atoms with Crippen LogP contribution in [0.3, 0.4) is 0 Å². The summed E-state index contributed by atoms with van der Waals surface area (Å²) in [6.07, 6.45) is 1.90. The van der Waals surface area contributed by atoms with Crippen molar-refractivity contribution >= 4 is 17.4 Å². The van der Waals surface area contributed by atoms with E-state index in [1.807, 2.05) is 27.1 Å². The van der Waals surface area contributed by atoms with E-state index in [2.05, 4.69) is 11.6 Å². The zero-order valence-electron chi connectivity index (χ0n) is 8.67. The zero-order chi connectivity index (χ0) is 10.7. The highest BCUT2D eigenvalue weighted by Crippen LogP contribution is 2.15. The molecule has 0 aliphatic rings. The Morgan fingerprint density at radius 3 is 2.93 bits per heavy atom. The van der Waals surface area contributed by atoms with Crippen molar-refractivity contribution in [1.29, 1.82) is 0 Å². The second kappa shape index (κ2) is 4.42. The predicted molar refractivity (Wildman–Crippen MR) is 55.8 cm³/mol. The molecule has 14 heavy (non-hydrogen) atoms. The summed E-state index contributed by atoms with van der Waals surface area (Å²) in [6, 6.07) is 0. The molecule has 0 atom stereocenters. The summed E-state index contributed by atoms with van der Waals surface area (Å²) in [5.41, 5.74) is 1.71. The molecule has 0 bridgehead atoms. The van der Waals surface area contributed by atoms with Gasteiger partial charge >= 0.3 is 5.28 Å². The van der Waals surface area contributed by atoms with Gasteiger partial charge in [-0.2, -0.15) is 0 Å². The number of hydrogen-bond acceptors (Lipinski definition) is 2. The topological polar surface area (TPSA) is 26.0 Å². The Morgan fingerprint density at radius 2 is 2.36 bits per heavy atom. The van der Waals surface area contributed by atoms with E-state index in [1.165, 1.54) is 0 Å². The van der Waals surface area contributed by atoms with E-state index in [4.69, 9.17) is 16.3 Å². The summed E-state index contributed by atoms with van der Waals surface area (Å²) in [5, 5.41) is 0.423. The largest absolute Gasteiger partial charge is 0.490 e. The predicted octanol–water partition coefficient (Wildman–Crippen LogP) is 1.88. The van der Waals surface area contributed by atoms with Crippen LogP contribution in [0.4, 0.5) is 0 Å². The normalized spacial score (nSPS) is 10.0. The lowest BCUT2D eigenvalue weighted by atomic mass is 10.2. The fraction of sp³-hybridized carbons (Fsp3) is 0.400. The highest BCUT2D eigenvalue weighted by atomic mass is 35.5. The van der Waals surface area contributed by atoms with E-state index in [9.17, 15) is 0 Å². The second-order valence-corrected chi connectivity index (χ2v) is 3.35. The van der Waals surface area contributed by atoms with Gasteiger partial charge < -0.3 is 4.74 Å². The smallest absolute Gasteiger partial charge is 0.396 e. The molecule has 0 aromatic carbocycles. The molecule has 1 rings (SSSR count). The van der Waals surface area contributed by atoms with E-state index in [0.717, 1.165) is 11.3 Å². The van der Waals surface area contributed by atoms with Crippen molar-refractivity contribution in [3.05, 3.63) is 29.3 Å². The van der Waals surface area contributed by atoms with Crippen molar-refractivity contribution < 1.29 is 9.30 Å². The number of halogens is 1. The second-order valence-electron chi connectivity index (χ2n) is 3.01. The van der Waals surface area contributed by atoms with E-state index < -0.39 is 0 Å². The number of aromatic nitrogens is 2. The van der Waals surface area contributed by atoms with Gasteiger partial charge in [-0.1, -0.05) is 6.58 Å². The lowest BCUT2D eigenvalue weighted by molar-refractivity contribution is -0.672. The maximum absolute atomic E-state index is 5.89. The van der Waals surface area contributed by atoms with Gasteiger partial charge in [0.15, 0.2) is 5.76 Å². The highest BCUT2D eigenvalue weighted by molar-refractivity contribution is 6.27. The summed E-state index contributed by atoms with van der Waals surface area (Å²) in [5.74, 6) is 0.562. The van der Waals surface area contributed by atoms with Gasteiger partial charge in [0.05, 0.1) is 19.9 Å². The van der Waals surface area contributed by atoms with Crippen LogP contribution in [-0.2, 0) is 11.8 Å². The molecule has 76 valence electrons. The summed E-state index contributed by atoms with van der Waals surface area (Å²) < 4.78 is 7.03. The fourth-order valence-electron chi connectivity index (χ4n) is 1.19. The molecule has 0 radical (unpaired) electrons. The number of nitrogens with zero attached hydrogens (tertiary/aromatic N) is 2. The summed E-state index contributed by atoms with van der Waals surface area (Å²) in [4.78, 5) is 4.19. The van der Waals surface area contributed by atoms with Crippen LogP contribution in [-0.4, -0.2) is 11.6 Å². The first-order valence-corrected chi connectivity index (χ1v) is 4.79. The number of rotatable bonds is 3. The third-order valence-electron chi connectivity index (χ3n) is 1.84. The quantitative estimate of drug-likeness (QED) is 0.435. The highest BCUT2D eigenvalue weighted by Gasteiger charge is 2.16. The SMILES string of the molecule is C=C(OCC)c1nc(Cl)[n+](C)cc1C. The Kier molecular flexibility index (Phi) is 3.47. The van der Waals surface area contributed by atoms with Crippen molar-refractivity contribution in [2.45, 2.75) is 13.8 Å². The first-order valence-electron chi connectivity index (χ1n) is 4.41. The molecule has 0 saturated carbocycles. The molecule has 1 aromatic heterocycles. The Hall–Kier alpha value is -1.09. The minimum Gasteiger partial charge on any atom is -0.490 e. The Labute approximate surface area is 89.0 Å². The molecule has 0 amide bonds. The van der Waals surface area contributed by atoms with Crippen molar-refractivity contribution in [3.63, 3.8) is 0 Å². The van der Waals surface area contributed by atoms with Gasteiger partial charge in [-0.05, 0) is 18.8 Å². The van der Waals surface area contributed by atoms with E-state index >= 15 is 0 Å². The summed E-state index contributed by atoms with van der Waals surface area (Å²) >= 11 is 5.89. The molecule has 0 fully saturated rings. The fourth-order valence-corrected chi connectivity index (χ4v) is 1.32. The molecular formula is C10H14ClN2O+. The minimum atomic E-state index is 0.423. The summed E-state index contributed by atoms with van der Waals surface area (Å²) in [6.45, 7) is 8.23. The van der Waals surface area contributed by atoms with Crippen LogP contribution >= 0.6 is 11.6 Å². The van der Waals surface area contributed by atoms with Gasteiger partial charge in [0.1, 0.15) is 0 Å². The van der Waals surface area contributed by atoms with Gasteiger partial charge in [-0.3, -0.25) is 0 Å². The van der Waals surface area contributed by atoms with Crippen molar-refractivity contribution in [2.24, 2.45) is 7.05 Å². The summed E-state index contributed by atoms with van der Waals surface area (Å²) in [7, 11) is 1.84. The number of aryl methyl sites for hydroxylation is 2. The molecule has 0 N–H and O–H groups in total. The first kappa shape index (κ1) is 11.0. The van der Waals surface area contributed by atoms with Crippen LogP contribution in [0.2, 0.25) is 5.28 Å². The average molecular weight is 214 g/mol.